The Balaban J connectivity index is 1.89. The maximum atomic E-state index is 12.3. The number of hydrazine groups is 1. The highest BCUT2D eigenvalue weighted by Gasteiger charge is 2.31. The second-order valence-electron chi connectivity index (χ2n) is 7.58. The largest absolute Gasteiger partial charge is 0.550 e. The summed E-state index contributed by atoms with van der Waals surface area (Å²) in [7, 11) is 0. The molecule has 2 N–H and O–H groups in total. The van der Waals surface area contributed by atoms with Gasteiger partial charge in [-0.1, -0.05) is 20.8 Å². The number of nitrogens with one attached hydrogen (secondary N) is 2. The smallest absolute Gasteiger partial charge is 0.270 e. The van der Waals surface area contributed by atoms with Crippen LogP contribution in [-0.2, 0) is 22.4 Å². The first-order chi connectivity index (χ1) is 11.7. The molecule has 2 rings (SSSR count). The van der Waals surface area contributed by atoms with Crippen molar-refractivity contribution < 1.29 is 19.5 Å². The molecule has 1 aromatic rings. The summed E-state index contributed by atoms with van der Waals surface area (Å²) < 4.78 is 0. The lowest BCUT2D eigenvalue weighted by Crippen LogP contribution is -2.42. The summed E-state index contributed by atoms with van der Waals surface area (Å²) in [4.78, 5) is 35.5. The molecule has 1 atom stereocenters. The minimum Gasteiger partial charge on any atom is -0.550 e. The van der Waals surface area contributed by atoms with Crippen molar-refractivity contribution in [3.05, 3.63) is 21.4 Å². The van der Waals surface area contributed by atoms with Gasteiger partial charge in [0.05, 0.1) is 5.56 Å². The number of fused-ring (bicyclic) bond motifs is 1. The molecular weight excluding hydrogens is 340 g/mol. The van der Waals surface area contributed by atoms with Crippen LogP contribution in [0.5, 0.6) is 0 Å². The number of carboxylic acids is 1. The van der Waals surface area contributed by atoms with E-state index in [4.69, 9.17) is 0 Å². The Hall–Kier alpha value is -1.89. The summed E-state index contributed by atoms with van der Waals surface area (Å²) in [6, 6.07) is 0. The quantitative estimate of drug-likeness (QED) is 0.774. The van der Waals surface area contributed by atoms with Crippen molar-refractivity contribution in [2.24, 2.45) is 11.3 Å². The van der Waals surface area contributed by atoms with Crippen molar-refractivity contribution in [3.63, 3.8) is 0 Å². The van der Waals surface area contributed by atoms with Gasteiger partial charge in [-0.15, -0.1) is 11.3 Å². The fourth-order valence-corrected chi connectivity index (χ4v) is 4.25. The van der Waals surface area contributed by atoms with E-state index in [0.29, 0.717) is 11.5 Å². The number of aliphatic carboxylic acids is 1. The molecule has 1 heterocycles. The highest BCUT2D eigenvalue weighted by Crippen LogP contribution is 2.40. The second kappa shape index (κ2) is 7.99. The molecule has 0 aliphatic heterocycles. The van der Waals surface area contributed by atoms with Crippen LogP contribution in [-0.4, -0.2) is 17.8 Å². The summed E-state index contributed by atoms with van der Waals surface area (Å²) in [5, 5.41) is 12.2. The molecule has 0 fully saturated rings. The van der Waals surface area contributed by atoms with Crippen LogP contribution in [0.3, 0.4) is 0 Å². The monoisotopic (exact) mass is 365 g/mol. The Kier molecular flexibility index (Phi) is 6.21. The van der Waals surface area contributed by atoms with Gasteiger partial charge in [-0.2, -0.15) is 0 Å². The van der Waals surface area contributed by atoms with Crippen molar-refractivity contribution >= 4 is 29.1 Å². The molecule has 25 heavy (non-hydrogen) atoms. The third-order valence-corrected chi connectivity index (χ3v) is 5.78. The third kappa shape index (κ3) is 5.29. The average Bonchev–Trinajstić information content (AvgIpc) is 2.94. The van der Waals surface area contributed by atoms with Gasteiger partial charge < -0.3 is 9.90 Å². The number of hydrogen-bond acceptors (Lipinski definition) is 5. The van der Waals surface area contributed by atoms with Crippen molar-refractivity contribution in [3.8, 4) is 0 Å². The van der Waals surface area contributed by atoms with Crippen molar-refractivity contribution in [1.29, 1.82) is 0 Å². The molecule has 0 unspecified atom stereocenters. The second-order valence-corrected chi connectivity index (χ2v) is 8.55. The van der Waals surface area contributed by atoms with Gasteiger partial charge >= 0.3 is 0 Å². The standard InChI is InChI=1S/C18H26N2O4S/c1-18(2,3)11-7-8-12-13(10-25-14(12)9-11)17(24)20-19-15(21)5-4-6-16(22)23/h10-11H,4-9H2,1-3H3,(H,19,21)(H,20,24)(H,22,23)/p-1/t11-/m0/s1. The molecule has 0 aromatic carbocycles. The molecule has 0 spiro atoms. The molecule has 1 aliphatic carbocycles. The summed E-state index contributed by atoms with van der Waals surface area (Å²) in [5.41, 5.74) is 6.73. The van der Waals surface area contributed by atoms with Crippen LogP contribution in [0.15, 0.2) is 5.38 Å². The zero-order valence-electron chi connectivity index (χ0n) is 14.9. The maximum Gasteiger partial charge on any atom is 0.270 e. The van der Waals surface area contributed by atoms with Crippen LogP contribution < -0.4 is 16.0 Å². The first-order valence-corrected chi connectivity index (χ1v) is 9.44. The van der Waals surface area contributed by atoms with Crippen LogP contribution in [0.1, 0.15) is 67.3 Å². The Bertz CT molecular complexity index is 661. The molecule has 138 valence electrons. The third-order valence-electron chi connectivity index (χ3n) is 4.72. The molecule has 6 nitrogen and oxygen atoms in total. The van der Waals surface area contributed by atoms with Crippen molar-refractivity contribution in [2.75, 3.05) is 0 Å². The highest BCUT2D eigenvalue weighted by molar-refractivity contribution is 7.10. The molecule has 0 bridgehead atoms. The van der Waals surface area contributed by atoms with Crippen LogP contribution in [0.2, 0.25) is 0 Å². The van der Waals surface area contributed by atoms with E-state index in [1.54, 1.807) is 11.3 Å². The number of amides is 2. The fourth-order valence-electron chi connectivity index (χ4n) is 3.09. The summed E-state index contributed by atoms with van der Waals surface area (Å²) >= 11 is 1.61. The maximum absolute atomic E-state index is 12.3. The molecule has 0 saturated heterocycles. The van der Waals surface area contributed by atoms with E-state index in [2.05, 4.69) is 31.6 Å². The van der Waals surface area contributed by atoms with E-state index in [9.17, 15) is 19.5 Å². The molecule has 2 amide bonds. The zero-order valence-corrected chi connectivity index (χ0v) is 15.8. The average molecular weight is 365 g/mol. The van der Waals surface area contributed by atoms with Gasteiger partial charge in [0.25, 0.3) is 5.91 Å². The number of hydrogen-bond donors (Lipinski definition) is 2. The molecular formula is C18H25N2O4S-. The van der Waals surface area contributed by atoms with Crippen molar-refractivity contribution in [1.82, 2.24) is 10.9 Å². The van der Waals surface area contributed by atoms with E-state index in [1.807, 2.05) is 5.38 Å². The summed E-state index contributed by atoms with van der Waals surface area (Å²) in [5.74, 6) is -1.31. The summed E-state index contributed by atoms with van der Waals surface area (Å²) in [6.45, 7) is 6.75. The van der Waals surface area contributed by atoms with Gasteiger partial charge in [0.15, 0.2) is 0 Å². The van der Waals surface area contributed by atoms with E-state index in [0.717, 1.165) is 24.8 Å². The normalized spacial score (nSPS) is 16.8. The van der Waals surface area contributed by atoms with Crippen LogP contribution in [0.4, 0.5) is 0 Å². The molecule has 7 heteroatoms. The molecule has 0 radical (unpaired) electrons. The Morgan fingerprint density at radius 1 is 1.24 bits per heavy atom. The van der Waals surface area contributed by atoms with E-state index < -0.39 is 11.9 Å². The first kappa shape index (κ1) is 19.4. The molecule has 1 aromatic heterocycles. The lowest BCUT2D eigenvalue weighted by molar-refractivity contribution is -0.305. The number of carbonyl (C=O) groups excluding carboxylic acids is 3. The van der Waals surface area contributed by atoms with Gasteiger partial charge in [-0.05, 0) is 49.0 Å². The predicted molar refractivity (Wildman–Crippen MR) is 93.8 cm³/mol. The van der Waals surface area contributed by atoms with Gasteiger partial charge in [-0.25, -0.2) is 0 Å². The first-order valence-electron chi connectivity index (χ1n) is 8.56. The highest BCUT2D eigenvalue weighted by atomic mass is 32.1. The minimum absolute atomic E-state index is 0.0310. The fraction of sp³-hybridized carbons (Fsp3) is 0.611. The molecule has 0 saturated carbocycles. The zero-order chi connectivity index (χ0) is 18.6. The number of carboxylic acid groups (broad SMARTS) is 1. The van der Waals surface area contributed by atoms with Crippen LogP contribution >= 0.6 is 11.3 Å². The predicted octanol–water partition coefficient (Wildman–Crippen LogP) is 1.58. The minimum atomic E-state index is -1.18. The lowest BCUT2D eigenvalue weighted by atomic mass is 9.72. The molecule has 1 aliphatic rings. The number of carbonyl (C=O) groups is 3. The Morgan fingerprint density at radius 3 is 2.60 bits per heavy atom. The lowest BCUT2D eigenvalue weighted by Gasteiger charge is -2.34. The number of thiophene rings is 1. The summed E-state index contributed by atoms with van der Waals surface area (Å²) in [6.07, 6.45) is 2.97. The van der Waals surface area contributed by atoms with Crippen molar-refractivity contribution in [2.45, 2.75) is 59.3 Å². The topological polar surface area (TPSA) is 98.3 Å². The van der Waals surface area contributed by atoms with Gasteiger partial charge in [0.1, 0.15) is 0 Å². The van der Waals surface area contributed by atoms with Gasteiger partial charge in [-0.3, -0.25) is 20.4 Å². The van der Waals surface area contributed by atoms with E-state index in [1.165, 1.54) is 4.88 Å². The Morgan fingerprint density at radius 2 is 1.96 bits per heavy atom. The SMILES string of the molecule is CC(C)(C)[C@H]1CCc2c(C(=O)NNC(=O)CCCC(=O)[O-])csc2C1. The van der Waals surface area contributed by atoms with E-state index >= 15 is 0 Å². The van der Waals surface area contributed by atoms with Gasteiger partial charge in [0.2, 0.25) is 5.91 Å². The van der Waals surface area contributed by atoms with Crippen LogP contribution in [0, 0.1) is 11.3 Å². The Labute approximate surface area is 152 Å². The van der Waals surface area contributed by atoms with Gasteiger partial charge in [0, 0.05) is 22.6 Å². The van der Waals surface area contributed by atoms with E-state index in [-0.39, 0.29) is 30.6 Å². The van der Waals surface area contributed by atoms with Crippen LogP contribution in [0.25, 0.3) is 0 Å². The number of rotatable bonds is 5.